The largest absolute Gasteiger partial charge is 0.496 e. The smallest absolute Gasteiger partial charge is 0.159 e. The van der Waals surface area contributed by atoms with Crippen LogP contribution < -0.4 is 4.74 Å². The van der Waals surface area contributed by atoms with Gasteiger partial charge in [0.05, 0.1) is 19.8 Å². The number of hydrogen-bond acceptors (Lipinski definition) is 4. The van der Waals surface area contributed by atoms with Gasteiger partial charge in [-0.2, -0.15) is 5.26 Å². The number of Topliss-reactive ketones (excluding diaryl/α,β-unsaturated/α-hetero) is 1. The molecule has 0 bridgehead atoms. The fourth-order valence-electron chi connectivity index (χ4n) is 2.57. The molecule has 1 saturated heterocycles. The van der Waals surface area contributed by atoms with Crippen LogP contribution in [0.5, 0.6) is 5.75 Å². The first-order chi connectivity index (χ1) is 9.67. The van der Waals surface area contributed by atoms with Crippen molar-refractivity contribution < 1.29 is 14.3 Å². The molecule has 106 valence electrons. The van der Waals surface area contributed by atoms with Gasteiger partial charge in [0.15, 0.2) is 5.78 Å². The van der Waals surface area contributed by atoms with Crippen molar-refractivity contribution in [1.29, 1.82) is 5.26 Å². The normalized spacial score (nSPS) is 19.9. The molecule has 0 aliphatic carbocycles. The van der Waals surface area contributed by atoms with E-state index in [1.807, 2.05) is 19.1 Å². The number of methoxy groups -OCH3 is 1. The first-order valence-corrected chi connectivity index (χ1v) is 6.83. The molecule has 4 heteroatoms. The van der Waals surface area contributed by atoms with Crippen LogP contribution >= 0.6 is 0 Å². The number of hydrogen-bond donors (Lipinski definition) is 0. The number of carbonyl (C=O) groups is 1. The average molecular weight is 273 g/mol. The van der Waals surface area contributed by atoms with E-state index >= 15 is 0 Å². The van der Waals surface area contributed by atoms with Crippen molar-refractivity contribution in [3.8, 4) is 11.8 Å². The van der Waals surface area contributed by atoms with E-state index in [-0.39, 0.29) is 11.7 Å². The second-order valence-electron chi connectivity index (χ2n) is 5.12. The minimum absolute atomic E-state index is 0.0592. The number of ketones is 1. The predicted molar refractivity (Wildman–Crippen MR) is 74.6 cm³/mol. The van der Waals surface area contributed by atoms with E-state index in [2.05, 4.69) is 6.07 Å². The molecule has 20 heavy (non-hydrogen) atoms. The Morgan fingerprint density at radius 2 is 2.35 bits per heavy atom. The molecule has 0 radical (unpaired) electrons. The van der Waals surface area contributed by atoms with Gasteiger partial charge in [-0.25, -0.2) is 0 Å². The summed E-state index contributed by atoms with van der Waals surface area (Å²) in [4.78, 5) is 12.6. The highest BCUT2D eigenvalue weighted by molar-refractivity contribution is 5.91. The summed E-state index contributed by atoms with van der Waals surface area (Å²) in [6.45, 7) is 3.06. The van der Waals surface area contributed by atoms with Crippen LogP contribution in [0.4, 0.5) is 0 Å². The van der Waals surface area contributed by atoms with Gasteiger partial charge in [0, 0.05) is 18.1 Å². The fraction of sp³-hybridized carbons (Fsp3) is 0.500. The lowest BCUT2D eigenvalue weighted by Crippen LogP contribution is -2.29. The number of aryl methyl sites for hydroxylation is 1. The van der Waals surface area contributed by atoms with Gasteiger partial charge in [-0.1, -0.05) is 17.7 Å². The van der Waals surface area contributed by atoms with E-state index in [1.54, 1.807) is 13.2 Å². The number of nitrogens with zero attached hydrogens (tertiary/aromatic N) is 1. The van der Waals surface area contributed by atoms with Crippen LogP contribution in [-0.2, 0) is 9.53 Å². The maximum Gasteiger partial charge on any atom is 0.159 e. The standard InChI is InChI=1S/C16H19NO3/c1-11-5-6-15(19-2)13(8-11)14(9-17)16(18)12-4-3-7-20-10-12/h5-6,8,12,14H,3-4,7,10H2,1-2H3. The summed E-state index contributed by atoms with van der Waals surface area (Å²) in [6.07, 6.45) is 1.67. The highest BCUT2D eigenvalue weighted by Gasteiger charge is 2.31. The summed E-state index contributed by atoms with van der Waals surface area (Å²) >= 11 is 0. The molecule has 0 saturated carbocycles. The average Bonchev–Trinajstić information content (AvgIpc) is 2.49. The molecule has 4 nitrogen and oxygen atoms in total. The highest BCUT2D eigenvalue weighted by Crippen LogP contribution is 2.31. The lowest BCUT2D eigenvalue weighted by Gasteiger charge is -2.23. The SMILES string of the molecule is COc1ccc(C)cc1C(C#N)C(=O)C1CCCOC1. The Kier molecular flexibility index (Phi) is 4.75. The number of benzene rings is 1. The van der Waals surface area contributed by atoms with Gasteiger partial charge in [0.25, 0.3) is 0 Å². The zero-order valence-electron chi connectivity index (χ0n) is 11.9. The first kappa shape index (κ1) is 14.5. The molecular weight excluding hydrogens is 254 g/mol. The Labute approximate surface area is 119 Å². The van der Waals surface area contributed by atoms with Gasteiger partial charge >= 0.3 is 0 Å². The molecule has 0 spiro atoms. The third kappa shape index (κ3) is 3.00. The van der Waals surface area contributed by atoms with Gasteiger partial charge in [-0.15, -0.1) is 0 Å². The molecule has 1 aliphatic heterocycles. The monoisotopic (exact) mass is 273 g/mol. The second-order valence-corrected chi connectivity index (χ2v) is 5.12. The number of nitriles is 1. The summed E-state index contributed by atoms with van der Waals surface area (Å²) in [5.41, 5.74) is 1.67. The van der Waals surface area contributed by atoms with Crippen LogP contribution in [0, 0.1) is 24.2 Å². The Morgan fingerprint density at radius 3 is 2.95 bits per heavy atom. The number of ether oxygens (including phenoxy) is 2. The summed E-state index contributed by atoms with van der Waals surface area (Å²) in [7, 11) is 1.55. The lowest BCUT2D eigenvalue weighted by molar-refractivity contribution is -0.127. The van der Waals surface area contributed by atoms with Gasteiger partial charge in [0.1, 0.15) is 11.7 Å². The Hall–Kier alpha value is -1.86. The molecule has 1 aromatic rings. The topological polar surface area (TPSA) is 59.3 Å². The quantitative estimate of drug-likeness (QED) is 0.846. The summed E-state index contributed by atoms with van der Waals surface area (Å²) in [5.74, 6) is -0.432. The van der Waals surface area contributed by atoms with Crippen LogP contribution in [0.15, 0.2) is 18.2 Å². The van der Waals surface area contributed by atoms with Crippen molar-refractivity contribution in [1.82, 2.24) is 0 Å². The van der Waals surface area contributed by atoms with Crippen LogP contribution in [0.2, 0.25) is 0 Å². The molecule has 0 amide bonds. The van der Waals surface area contributed by atoms with Crippen molar-refractivity contribution in [3.63, 3.8) is 0 Å². The van der Waals surface area contributed by atoms with Crippen LogP contribution in [0.3, 0.4) is 0 Å². The highest BCUT2D eigenvalue weighted by atomic mass is 16.5. The predicted octanol–water partition coefficient (Wildman–Crippen LogP) is 2.61. The Balaban J connectivity index is 2.30. The lowest BCUT2D eigenvalue weighted by atomic mass is 9.85. The summed E-state index contributed by atoms with van der Waals surface area (Å²) < 4.78 is 10.6. The Bertz CT molecular complexity index is 527. The van der Waals surface area contributed by atoms with E-state index in [0.29, 0.717) is 24.5 Å². The third-order valence-electron chi connectivity index (χ3n) is 3.67. The van der Waals surface area contributed by atoms with Crippen molar-refractivity contribution in [3.05, 3.63) is 29.3 Å². The fourth-order valence-corrected chi connectivity index (χ4v) is 2.57. The molecular formula is C16H19NO3. The van der Waals surface area contributed by atoms with E-state index < -0.39 is 5.92 Å². The van der Waals surface area contributed by atoms with Gasteiger partial charge in [-0.05, 0) is 25.8 Å². The van der Waals surface area contributed by atoms with E-state index in [0.717, 1.165) is 18.4 Å². The van der Waals surface area contributed by atoms with Crippen molar-refractivity contribution >= 4 is 5.78 Å². The maximum atomic E-state index is 12.6. The van der Waals surface area contributed by atoms with Crippen molar-refractivity contribution in [2.24, 2.45) is 5.92 Å². The van der Waals surface area contributed by atoms with E-state index in [1.165, 1.54) is 0 Å². The second kappa shape index (κ2) is 6.53. The van der Waals surface area contributed by atoms with Gasteiger partial charge in [-0.3, -0.25) is 4.79 Å². The molecule has 1 aliphatic rings. The number of rotatable bonds is 4. The van der Waals surface area contributed by atoms with E-state index in [4.69, 9.17) is 9.47 Å². The molecule has 2 atom stereocenters. The van der Waals surface area contributed by atoms with Crippen molar-refractivity contribution in [2.75, 3.05) is 20.3 Å². The minimum atomic E-state index is -0.781. The maximum absolute atomic E-state index is 12.6. The first-order valence-electron chi connectivity index (χ1n) is 6.83. The Morgan fingerprint density at radius 1 is 1.55 bits per heavy atom. The van der Waals surface area contributed by atoms with Crippen LogP contribution in [0.1, 0.15) is 29.9 Å². The summed E-state index contributed by atoms with van der Waals surface area (Å²) in [5, 5.41) is 9.42. The molecule has 2 unspecified atom stereocenters. The van der Waals surface area contributed by atoms with Gasteiger partial charge in [0.2, 0.25) is 0 Å². The van der Waals surface area contributed by atoms with Crippen molar-refractivity contribution in [2.45, 2.75) is 25.7 Å². The molecule has 1 heterocycles. The van der Waals surface area contributed by atoms with Gasteiger partial charge < -0.3 is 9.47 Å². The van der Waals surface area contributed by atoms with E-state index in [9.17, 15) is 10.1 Å². The molecule has 2 rings (SSSR count). The van der Waals surface area contributed by atoms with Crippen LogP contribution in [0.25, 0.3) is 0 Å². The molecule has 0 N–H and O–H groups in total. The zero-order valence-corrected chi connectivity index (χ0v) is 11.9. The third-order valence-corrected chi connectivity index (χ3v) is 3.67. The molecule has 1 aromatic carbocycles. The zero-order chi connectivity index (χ0) is 14.5. The minimum Gasteiger partial charge on any atom is -0.496 e. The summed E-state index contributed by atoms with van der Waals surface area (Å²) in [6, 6.07) is 7.70. The number of carbonyl (C=O) groups excluding carboxylic acids is 1. The molecule has 1 fully saturated rings. The molecule has 0 aromatic heterocycles. The van der Waals surface area contributed by atoms with Crippen LogP contribution in [-0.4, -0.2) is 26.1 Å².